The number of hydrogen-bond donors (Lipinski definition) is 1. The van der Waals surface area contributed by atoms with Gasteiger partial charge in [0.2, 0.25) is 11.9 Å². The number of methoxy groups -OCH3 is 1. The minimum atomic E-state index is -0.780. The van der Waals surface area contributed by atoms with Crippen LogP contribution in [0.15, 0.2) is 24.5 Å². The van der Waals surface area contributed by atoms with Crippen LogP contribution in [-0.2, 0) is 22.6 Å². The molecule has 1 saturated carbocycles. The largest absolute Gasteiger partial charge is 0.493 e. The van der Waals surface area contributed by atoms with Crippen LogP contribution in [0.2, 0.25) is 0 Å². The summed E-state index contributed by atoms with van der Waals surface area (Å²) in [4.78, 5) is 24.7. The zero-order chi connectivity index (χ0) is 25.9. The van der Waals surface area contributed by atoms with Gasteiger partial charge in [0.15, 0.2) is 0 Å². The van der Waals surface area contributed by atoms with Gasteiger partial charge in [0.25, 0.3) is 0 Å². The number of aliphatic hydroxyl groups excluding tert-OH is 1. The molecule has 5 rings (SSSR count). The molecular formula is C27H34F2N4O4. The van der Waals surface area contributed by atoms with Crippen LogP contribution in [0.4, 0.5) is 14.7 Å². The number of nitrogens with zero attached hydrogens (tertiary/aromatic N) is 4. The van der Waals surface area contributed by atoms with Crippen molar-refractivity contribution in [3.63, 3.8) is 0 Å². The van der Waals surface area contributed by atoms with Gasteiger partial charge in [0.05, 0.1) is 25.7 Å². The molecule has 3 aliphatic rings. The minimum absolute atomic E-state index is 0.146. The average molecular weight is 517 g/mol. The van der Waals surface area contributed by atoms with Crippen LogP contribution in [0, 0.1) is 29.4 Å². The standard InChI is InChI=1S/C27H34F2N4O4/c1-36-16-17-12-30-27(31-13-17)32-5-2-18(3-6-32)22-8-19(22)4-7-37-21-9-24(28)23(25(29)10-21)11-26(35)33-14-20(34)15-33/h9-10,12-13,18-20,22,34H,2-8,11,14-16H2,1H3. The van der Waals surface area contributed by atoms with Crippen molar-refractivity contribution in [1.82, 2.24) is 14.9 Å². The number of β-amino-alcohol motifs (C(OH)–C–C–N with tert-alkyl or cyclic N) is 1. The van der Waals surface area contributed by atoms with Crippen LogP contribution in [0.25, 0.3) is 0 Å². The Bertz CT molecular complexity index is 1070. The van der Waals surface area contributed by atoms with E-state index in [9.17, 15) is 18.7 Å². The summed E-state index contributed by atoms with van der Waals surface area (Å²) in [6, 6.07) is 2.31. The minimum Gasteiger partial charge on any atom is -0.493 e. The van der Waals surface area contributed by atoms with Crippen molar-refractivity contribution in [2.75, 3.05) is 44.8 Å². The number of piperidine rings is 1. The lowest BCUT2D eigenvalue weighted by atomic mass is 9.90. The second kappa shape index (κ2) is 11.3. The summed E-state index contributed by atoms with van der Waals surface area (Å²) in [6.45, 7) is 3.23. The highest BCUT2D eigenvalue weighted by Crippen LogP contribution is 2.49. The molecule has 3 heterocycles. The summed E-state index contributed by atoms with van der Waals surface area (Å²) in [6.07, 6.45) is 6.97. The number of carbonyl (C=O) groups is 1. The number of benzene rings is 1. The fraction of sp³-hybridized carbons (Fsp3) is 0.593. The number of rotatable bonds is 10. The molecule has 3 fully saturated rings. The van der Waals surface area contributed by atoms with Crippen molar-refractivity contribution in [2.24, 2.45) is 17.8 Å². The Morgan fingerprint density at radius 1 is 1.14 bits per heavy atom. The van der Waals surface area contributed by atoms with Crippen molar-refractivity contribution in [3.8, 4) is 5.75 Å². The van der Waals surface area contributed by atoms with Crippen molar-refractivity contribution >= 4 is 11.9 Å². The van der Waals surface area contributed by atoms with Gasteiger partial charge in [-0.25, -0.2) is 18.7 Å². The lowest BCUT2D eigenvalue weighted by Crippen LogP contribution is -2.54. The van der Waals surface area contributed by atoms with Gasteiger partial charge in [-0.3, -0.25) is 4.79 Å². The Morgan fingerprint density at radius 2 is 1.81 bits per heavy atom. The lowest BCUT2D eigenvalue weighted by Gasteiger charge is -2.36. The van der Waals surface area contributed by atoms with Crippen molar-refractivity contribution in [3.05, 3.63) is 47.3 Å². The molecule has 2 aliphatic heterocycles. The molecule has 0 bridgehead atoms. The highest BCUT2D eigenvalue weighted by molar-refractivity contribution is 5.79. The van der Waals surface area contributed by atoms with E-state index in [2.05, 4.69) is 14.9 Å². The predicted molar refractivity (Wildman–Crippen MR) is 132 cm³/mol. The summed E-state index contributed by atoms with van der Waals surface area (Å²) >= 11 is 0. The Labute approximate surface area is 215 Å². The molecule has 2 atom stereocenters. The molecule has 200 valence electrons. The Kier molecular flexibility index (Phi) is 7.85. The van der Waals surface area contributed by atoms with Gasteiger partial charge >= 0.3 is 0 Å². The number of hydrogen-bond acceptors (Lipinski definition) is 7. The molecule has 0 radical (unpaired) electrons. The zero-order valence-electron chi connectivity index (χ0n) is 21.1. The van der Waals surface area contributed by atoms with Gasteiger partial charge < -0.3 is 24.4 Å². The third kappa shape index (κ3) is 6.18. The topological polar surface area (TPSA) is 88.0 Å². The third-order valence-corrected chi connectivity index (χ3v) is 7.82. The first-order chi connectivity index (χ1) is 17.9. The molecule has 1 aliphatic carbocycles. The number of anilines is 1. The average Bonchev–Trinajstić information content (AvgIpc) is 3.64. The maximum Gasteiger partial charge on any atom is 0.227 e. The van der Waals surface area contributed by atoms with Gasteiger partial charge in [0, 0.05) is 68.9 Å². The number of carbonyl (C=O) groups excluding carboxylic acids is 1. The highest BCUT2D eigenvalue weighted by Gasteiger charge is 2.43. The lowest BCUT2D eigenvalue weighted by molar-refractivity contribution is -0.140. The number of amides is 1. The smallest absolute Gasteiger partial charge is 0.227 e. The van der Waals surface area contributed by atoms with E-state index < -0.39 is 23.6 Å². The van der Waals surface area contributed by atoms with Crippen LogP contribution in [-0.4, -0.2) is 71.9 Å². The molecule has 1 N–H and O–H groups in total. The van der Waals surface area contributed by atoms with E-state index in [0.29, 0.717) is 31.0 Å². The Morgan fingerprint density at radius 3 is 2.43 bits per heavy atom. The van der Waals surface area contributed by atoms with Gasteiger partial charge in [-0.05, 0) is 43.4 Å². The number of likely N-dealkylation sites (tertiary alicyclic amines) is 1. The third-order valence-electron chi connectivity index (χ3n) is 7.82. The first-order valence-electron chi connectivity index (χ1n) is 13.0. The highest BCUT2D eigenvalue weighted by atomic mass is 19.1. The van der Waals surface area contributed by atoms with Crippen molar-refractivity contribution in [1.29, 1.82) is 0 Å². The summed E-state index contributed by atoms with van der Waals surface area (Å²) < 4.78 is 39.8. The van der Waals surface area contributed by atoms with Crippen molar-refractivity contribution < 1.29 is 28.2 Å². The predicted octanol–water partition coefficient (Wildman–Crippen LogP) is 2.97. The van der Waals surface area contributed by atoms with Crippen LogP contribution in [0.3, 0.4) is 0 Å². The first-order valence-corrected chi connectivity index (χ1v) is 13.0. The van der Waals surface area contributed by atoms with Gasteiger partial charge in [-0.1, -0.05) is 0 Å². The van der Waals surface area contributed by atoms with E-state index in [1.54, 1.807) is 7.11 Å². The molecule has 2 aromatic rings. The number of aliphatic hydroxyl groups is 1. The normalized spacial score (nSPS) is 22.2. The fourth-order valence-electron chi connectivity index (χ4n) is 5.54. The molecule has 8 nitrogen and oxygen atoms in total. The SMILES string of the molecule is COCc1cnc(N2CCC(C3CC3CCOc3cc(F)c(CC(=O)N4CC(O)C4)c(F)c3)CC2)nc1. The molecule has 1 aromatic carbocycles. The van der Waals surface area contributed by atoms with E-state index in [-0.39, 0.29) is 30.8 Å². The Balaban J connectivity index is 1.03. The maximum atomic E-state index is 14.5. The van der Waals surface area contributed by atoms with Crippen molar-refractivity contribution in [2.45, 2.75) is 44.8 Å². The molecule has 37 heavy (non-hydrogen) atoms. The molecule has 1 amide bonds. The summed E-state index contributed by atoms with van der Waals surface area (Å²) in [5.41, 5.74) is 0.702. The van der Waals surface area contributed by atoms with E-state index in [1.807, 2.05) is 12.4 Å². The van der Waals surface area contributed by atoms with Gasteiger partial charge in [-0.15, -0.1) is 0 Å². The van der Waals surface area contributed by atoms with Crippen LogP contribution >= 0.6 is 0 Å². The monoisotopic (exact) mass is 516 g/mol. The van der Waals surface area contributed by atoms with Gasteiger partial charge in [-0.2, -0.15) is 0 Å². The first kappa shape index (κ1) is 25.8. The van der Waals surface area contributed by atoms with E-state index in [4.69, 9.17) is 9.47 Å². The summed E-state index contributed by atoms with van der Waals surface area (Å²) in [5, 5.41) is 9.30. The zero-order valence-corrected chi connectivity index (χ0v) is 21.1. The van der Waals surface area contributed by atoms with Crippen LogP contribution < -0.4 is 9.64 Å². The fourth-order valence-corrected chi connectivity index (χ4v) is 5.54. The Hall–Kier alpha value is -2.85. The van der Waals surface area contributed by atoms with Gasteiger partial charge in [0.1, 0.15) is 17.4 Å². The second-order valence-corrected chi connectivity index (χ2v) is 10.4. The quantitative estimate of drug-likeness (QED) is 0.520. The molecule has 2 saturated heterocycles. The van der Waals surface area contributed by atoms with E-state index in [1.165, 1.54) is 11.3 Å². The van der Waals surface area contributed by atoms with Crippen LogP contribution in [0.1, 0.15) is 36.8 Å². The number of aromatic nitrogens is 2. The molecule has 10 heteroatoms. The van der Waals surface area contributed by atoms with Crippen LogP contribution in [0.5, 0.6) is 5.75 Å². The maximum absolute atomic E-state index is 14.5. The summed E-state index contributed by atoms with van der Waals surface area (Å²) in [7, 11) is 1.65. The molecule has 2 unspecified atom stereocenters. The van der Waals surface area contributed by atoms with E-state index in [0.717, 1.165) is 56.0 Å². The molecule has 0 spiro atoms. The molecular weight excluding hydrogens is 482 g/mol. The number of halogens is 2. The number of ether oxygens (including phenoxy) is 2. The second-order valence-electron chi connectivity index (χ2n) is 10.4. The molecule has 1 aromatic heterocycles. The van der Waals surface area contributed by atoms with E-state index >= 15 is 0 Å². The summed E-state index contributed by atoms with van der Waals surface area (Å²) in [5.74, 6) is 0.900.